The summed E-state index contributed by atoms with van der Waals surface area (Å²) in [4.78, 5) is 95.1. The number of anilines is 2. The fraction of sp³-hybridized carbons (Fsp3) is 0.577. The molecule has 4 atom stereocenters. The number of likely N-dealkylation sites (tertiary alicyclic amines) is 1. The van der Waals surface area contributed by atoms with Crippen LogP contribution in [-0.4, -0.2) is 186 Å². The molecule has 1 fully saturated rings. The maximum atomic E-state index is 15.2. The van der Waals surface area contributed by atoms with Crippen LogP contribution in [0.1, 0.15) is 72.3 Å². The second-order valence-corrected chi connectivity index (χ2v) is 23.3. The van der Waals surface area contributed by atoms with Crippen molar-refractivity contribution >= 4 is 57.0 Å². The number of likely N-dealkylation sites (N-methyl/N-ethyl adjacent to an activating group) is 3. The Labute approximate surface area is 450 Å². The molecule has 0 aliphatic carbocycles. The minimum absolute atomic E-state index is 0.0158. The lowest BCUT2D eigenvalue weighted by Gasteiger charge is -2.30. The number of hydrogen-bond donors (Lipinski definition) is 5. The van der Waals surface area contributed by atoms with Crippen molar-refractivity contribution in [3.8, 4) is 22.8 Å². The van der Waals surface area contributed by atoms with Crippen LogP contribution in [0.25, 0.3) is 11.3 Å². The lowest BCUT2D eigenvalue weighted by atomic mass is 10.0. The summed E-state index contributed by atoms with van der Waals surface area (Å²) in [6.07, 6.45) is 3.00. The quantitative estimate of drug-likeness (QED) is 0.102. The molecule has 1 saturated heterocycles. The van der Waals surface area contributed by atoms with Crippen molar-refractivity contribution in [2.24, 2.45) is 16.0 Å². The summed E-state index contributed by atoms with van der Waals surface area (Å²) < 4.78 is 64.9. The number of benzene rings is 2. The second-order valence-electron chi connectivity index (χ2n) is 20.9. The molecule has 2 aliphatic heterocycles. The largest absolute Gasteiger partial charge is 0.494 e. The van der Waals surface area contributed by atoms with E-state index < -0.39 is 93.1 Å². The minimum atomic E-state index is -3.35. The van der Waals surface area contributed by atoms with Gasteiger partial charge in [0.25, 0.3) is 5.91 Å². The first-order chi connectivity index (χ1) is 36.2. The molecule has 22 nitrogen and oxygen atoms in total. The Morgan fingerprint density at radius 1 is 0.935 bits per heavy atom. The fourth-order valence-corrected chi connectivity index (χ4v) is 9.77. The summed E-state index contributed by atoms with van der Waals surface area (Å²) in [5.74, 6) is -5.18. The number of hydrogen-bond acceptors (Lipinski definition) is 16. The van der Waals surface area contributed by atoms with Gasteiger partial charge in [0.1, 0.15) is 46.7 Å². The molecule has 77 heavy (non-hydrogen) atoms. The molecule has 1 aromatic heterocycles. The van der Waals surface area contributed by atoms with E-state index in [1.165, 1.54) is 23.3 Å². The third-order valence-electron chi connectivity index (χ3n) is 12.4. The number of rotatable bonds is 21. The van der Waals surface area contributed by atoms with Crippen LogP contribution in [0.3, 0.4) is 0 Å². The molecule has 5 rings (SSSR count). The normalized spacial score (nSPS) is 16.4. The van der Waals surface area contributed by atoms with Gasteiger partial charge in [-0.1, -0.05) is 13.8 Å². The number of primary amides is 1. The number of nitrogens with one attached hydrogen (secondary N) is 4. The Kier molecular flexibility index (Phi) is 22.4. The fourth-order valence-electron chi connectivity index (χ4n) is 8.42. The highest BCUT2D eigenvalue weighted by Gasteiger charge is 2.40. The van der Waals surface area contributed by atoms with E-state index in [0.717, 1.165) is 18.8 Å². The van der Waals surface area contributed by atoms with E-state index in [0.29, 0.717) is 69.0 Å². The maximum Gasteiger partial charge on any atom is 0.407 e. The van der Waals surface area contributed by atoms with Gasteiger partial charge in [-0.2, -0.15) is 4.36 Å². The number of nitrogens with two attached hydrogens (primary N) is 1. The van der Waals surface area contributed by atoms with Gasteiger partial charge in [-0.15, -0.1) is 0 Å². The van der Waals surface area contributed by atoms with E-state index in [1.807, 2.05) is 14.1 Å². The number of amides is 6. The van der Waals surface area contributed by atoms with Gasteiger partial charge in [0, 0.05) is 75.5 Å². The van der Waals surface area contributed by atoms with Gasteiger partial charge < -0.3 is 55.9 Å². The molecule has 0 spiro atoms. The molecule has 3 aromatic rings. The van der Waals surface area contributed by atoms with Gasteiger partial charge >= 0.3 is 6.09 Å². The number of nitrogens with zero attached hydrogens (tertiary/aromatic N) is 7. The standard InChI is InChI=1S/C52H76F2N12O10S/c1-33(2)45(48(70)62-77(9,73)32-34-25-36-28-37(26-34)74-23-10-11-24-75-42-27-35(53)14-15-38(42)46-39(54)30-57-50(58-36)61-46)60-47(69)41-13-12-17-66(41)49(71)40(29-43(55)67)59-44(68)31-65(8)22-21-64(7)20-19-63(6)18-16-56-51(72)76-52(3,4)5/h14-15,25-28,30,33,40-41,45H,10-13,16-24,29,31-32H2,1-9H3,(H2,55,67)(H,56,72)(H,59,68)(H,60,69)(H,57,58,61)/t40-,41-,45-,77-/m0/s1. The summed E-state index contributed by atoms with van der Waals surface area (Å²) in [7, 11) is 2.30. The molecule has 0 unspecified atom stereocenters. The van der Waals surface area contributed by atoms with E-state index in [2.05, 4.69) is 45.4 Å². The van der Waals surface area contributed by atoms with Crippen LogP contribution in [0.4, 0.5) is 25.2 Å². The first kappa shape index (κ1) is 61.3. The predicted octanol–water partition coefficient (Wildman–Crippen LogP) is 3.65. The van der Waals surface area contributed by atoms with Crippen LogP contribution < -0.4 is 36.5 Å². The van der Waals surface area contributed by atoms with E-state index in [4.69, 9.17) is 19.9 Å². The third kappa shape index (κ3) is 20.1. The first-order valence-corrected chi connectivity index (χ1v) is 27.8. The topological polar surface area (TPSA) is 272 Å². The molecule has 4 bridgehead atoms. The lowest BCUT2D eigenvalue weighted by Crippen LogP contribution is -2.57. The number of halogens is 2. The zero-order chi connectivity index (χ0) is 56.6. The summed E-state index contributed by atoms with van der Waals surface area (Å²) in [6.45, 7) is 12.8. The third-order valence-corrected chi connectivity index (χ3v) is 13.8. The highest BCUT2D eigenvalue weighted by molar-refractivity contribution is 7.92. The van der Waals surface area contributed by atoms with Crippen molar-refractivity contribution in [1.29, 1.82) is 0 Å². The SMILES string of the molecule is CC(C)[C@H](NC(=O)[C@@H]1CCCN1C(=O)[C@H](CC(N)=O)NC(=O)CN(C)CCN(C)CCN(C)CCNC(=O)OC(C)(C)C)C(=O)N=[S@@](C)(=O)Cc1cc2cc(c1)OCCCCOc1cc(F)ccc1-c1nc(ncc1F)N2. The van der Waals surface area contributed by atoms with Gasteiger partial charge in [0.15, 0.2) is 5.82 Å². The van der Waals surface area contributed by atoms with Crippen molar-refractivity contribution in [3.63, 3.8) is 0 Å². The number of fused-ring (bicyclic) bond motifs is 6. The van der Waals surface area contributed by atoms with Gasteiger partial charge in [-0.25, -0.2) is 27.8 Å². The summed E-state index contributed by atoms with van der Waals surface area (Å²) >= 11 is 0. The van der Waals surface area contributed by atoms with Crippen LogP contribution in [0, 0.1) is 17.6 Å². The van der Waals surface area contributed by atoms with Crippen LogP contribution in [0.2, 0.25) is 0 Å². The molecule has 0 radical (unpaired) electrons. The number of carbonyl (C=O) groups excluding carboxylic acids is 6. The Bertz CT molecular complexity index is 2700. The molecule has 6 amide bonds. The Morgan fingerprint density at radius 2 is 1.61 bits per heavy atom. The van der Waals surface area contributed by atoms with Crippen molar-refractivity contribution in [2.45, 2.75) is 96.2 Å². The van der Waals surface area contributed by atoms with Crippen molar-refractivity contribution < 1.29 is 56.0 Å². The average Bonchev–Trinajstić information content (AvgIpc) is 3.82. The average molecular weight is 1100 g/mol. The molecular formula is C52H76F2N12O10S. The predicted molar refractivity (Wildman–Crippen MR) is 287 cm³/mol. The van der Waals surface area contributed by atoms with Gasteiger partial charge in [-0.05, 0) is 103 Å². The zero-order valence-electron chi connectivity index (χ0n) is 45.6. The highest BCUT2D eigenvalue weighted by Crippen LogP contribution is 2.33. The number of ether oxygens (including phenoxy) is 3. The molecule has 2 aromatic carbocycles. The van der Waals surface area contributed by atoms with Crippen LogP contribution in [0.5, 0.6) is 11.5 Å². The van der Waals surface area contributed by atoms with Crippen molar-refractivity contribution in [2.75, 3.05) is 98.3 Å². The molecule has 424 valence electrons. The van der Waals surface area contributed by atoms with Gasteiger partial charge in [0.2, 0.25) is 29.6 Å². The lowest BCUT2D eigenvalue weighted by molar-refractivity contribution is -0.143. The number of aromatic nitrogens is 2. The maximum absolute atomic E-state index is 15.2. The van der Waals surface area contributed by atoms with Crippen LogP contribution >= 0.6 is 0 Å². The summed E-state index contributed by atoms with van der Waals surface area (Å²) in [5, 5.41) is 11.1. The van der Waals surface area contributed by atoms with Gasteiger partial charge in [0.05, 0.1) is 47.9 Å². The van der Waals surface area contributed by atoms with Crippen molar-refractivity contribution in [1.82, 2.24) is 45.5 Å². The van der Waals surface area contributed by atoms with Gasteiger partial charge in [-0.3, -0.25) is 28.9 Å². The molecule has 6 N–H and O–H groups in total. The highest BCUT2D eigenvalue weighted by atomic mass is 32.2. The first-order valence-electron chi connectivity index (χ1n) is 25.7. The Hall–Kier alpha value is -6.57. The molecule has 0 saturated carbocycles. The van der Waals surface area contributed by atoms with E-state index in [9.17, 15) is 37.4 Å². The Balaban J connectivity index is 1.19. The monoisotopic (exact) mass is 1100 g/mol. The molecule has 2 aliphatic rings. The summed E-state index contributed by atoms with van der Waals surface area (Å²) in [6, 6.07) is 5.00. The number of alkyl carbamates (subject to hydrolysis) is 1. The molecule has 25 heteroatoms. The van der Waals surface area contributed by atoms with E-state index in [-0.39, 0.29) is 61.4 Å². The molecular weight excluding hydrogens is 1020 g/mol. The zero-order valence-corrected chi connectivity index (χ0v) is 46.4. The number of carbonyl (C=O) groups is 6. The smallest absolute Gasteiger partial charge is 0.407 e. The summed E-state index contributed by atoms with van der Waals surface area (Å²) in [5.41, 5.74) is 5.90. The van der Waals surface area contributed by atoms with Crippen LogP contribution in [-0.2, 0) is 44.2 Å². The minimum Gasteiger partial charge on any atom is -0.494 e. The van der Waals surface area contributed by atoms with Crippen molar-refractivity contribution in [3.05, 3.63) is 59.8 Å². The molecule has 3 heterocycles. The van der Waals surface area contributed by atoms with E-state index >= 15 is 4.39 Å². The van der Waals surface area contributed by atoms with E-state index in [1.54, 1.807) is 64.8 Å². The second kappa shape index (κ2) is 28.2. The Morgan fingerprint density at radius 3 is 2.29 bits per heavy atom. The van der Waals surface area contributed by atoms with Crippen LogP contribution in [0.15, 0.2) is 47.0 Å².